The third-order valence-electron chi connectivity index (χ3n) is 4.59. The largest absolute Gasteiger partial charge is 0.465 e. The van der Waals surface area contributed by atoms with Crippen molar-refractivity contribution in [1.29, 1.82) is 0 Å². The van der Waals surface area contributed by atoms with Gasteiger partial charge < -0.3 is 21.1 Å². The molecule has 0 heterocycles. The summed E-state index contributed by atoms with van der Waals surface area (Å²) in [6.45, 7) is 0. The van der Waals surface area contributed by atoms with E-state index in [2.05, 4.69) is 16.0 Å². The molecular weight excluding hydrogens is 423 g/mol. The third kappa shape index (κ3) is 6.49. The summed E-state index contributed by atoms with van der Waals surface area (Å²) in [5.74, 6) is 0. The van der Waals surface area contributed by atoms with Crippen molar-refractivity contribution in [2.75, 3.05) is 10.6 Å². The van der Waals surface area contributed by atoms with Crippen LogP contribution in [-0.4, -0.2) is 17.2 Å². The summed E-state index contributed by atoms with van der Waals surface area (Å²) in [5.41, 5.74) is 1.43. The van der Waals surface area contributed by atoms with E-state index in [0.717, 1.165) is 23.3 Å². The third-order valence-corrected chi connectivity index (χ3v) is 4.59. The molecule has 3 rings (SSSR count). The Bertz CT molecular complexity index is 1070. The first-order valence-electron chi connectivity index (χ1n) is 9.59. The van der Waals surface area contributed by atoms with Gasteiger partial charge in [0.25, 0.3) is 0 Å². The molecule has 0 unspecified atom stereocenters. The number of rotatable bonds is 6. The standard InChI is InChI=1S/C23H20F3N3O3/c24-23(25,26)17-9-11-18(12-10-17)27-21(30)28-19-8-4-5-15(13-19)14-20(29-22(31)32)16-6-2-1-3-7-16/h1-13,20,29H,14H2,(H,31,32)(H2,27,28,30)/t20-/m1/s1. The number of hydrogen-bond acceptors (Lipinski definition) is 2. The molecule has 0 bridgehead atoms. The van der Waals surface area contributed by atoms with Crippen molar-refractivity contribution in [2.24, 2.45) is 0 Å². The van der Waals surface area contributed by atoms with Crippen LogP contribution in [0.2, 0.25) is 0 Å². The summed E-state index contributed by atoms with van der Waals surface area (Å²) in [6, 6.07) is 19.0. The lowest BCUT2D eigenvalue weighted by Crippen LogP contribution is -2.28. The first-order chi connectivity index (χ1) is 15.2. The molecule has 0 saturated heterocycles. The summed E-state index contributed by atoms with van der Waals surface area (Å²) >= 11 is 0. The lowest BCUT2D eigenvalue weighted by Gasteiger charge is -2.18. The van der Waals surface area contributed by atoms with Crippen molar-refractivity contribution in [3.05, 3.63) is 95.6 Å². The Kier molecular flexibility index (Phi) is 6.99. The maximum Gasteiger partial charge on any atom is 0.416 e. The highest BCUT2D eigenvalue weighted by Crippen LogP contribution is 2.29. The summed E-state index contributed by atoms with van der Waals surface area (Å²) in [6.07, 6.45) is -5.25. The van der Waals surface area contributed by atoms with Gasteiger partial charge in [-0.2, -0.15) is 13.2 Å². The quantitative estimate of drug-likeness (QED) is 0.382. The molecule has 0 radical (unpaired) electrons. The molecule has 0 aromatic heterocycles. The van der Waals surface area contributed by atoms with E-state index >= 15 is 0 Å². The van der Waals surface area contributed by atoms with Crippen LogP contribution in [-0.2, 0) is 12.6 Å². The number of urea groups is 1. The van der Waals surface area contributed by atoms with E-state index in [4.69, 9.17) is 5.11 Å². The number of alkyl halides is 3. The first-order valence-corrected chi connectivity index (χ1v) is 9.59. The van der Waals surface area contributed by atoms with Crippen LogP contribution in [0, 0.1) is 0 Å². The Morgan fingerprint density at radius 1 is 0.844 bits per heavy atom. The number of anilines is 2. The van der Waals surface area contributed by atoms with Crippen LogP contribution in [0.4, 0.5) is 34.1 Å². The molecule has 6 nitrogen and oxygen atoms in total. The molecule has 4 N–H and O–H groups in total. The van der Waals surface area contributed by atoms with E-state index in [-0.39, 0.29) is 5.69 Å². The van der Waals surface area contributed by atoms with Gasteiger partial charge in [0.05, 0.1) is 11.6 Å². The van der Waals surface area contributed by atoms with Gasteiger partial charge >= 0.3 is 18.3 Å². The Balaban J connectivity index is 1.66. The van der Waals surface area contributed by atoms with Gasteiger partial charge in [0.1, 0.15) is 0 Å². The van der Waals surface area contributed by atoms with Crippen LogP contribution in [0.25, 0.3) is 0 Å². The number of carboxylic acid groups (broad SMARTS) is 1. The number of halogens is 3. The molecule has 0 spiro atoms. The van der Waals surface area contributed by atoms with Gasteiger partial charge in [-0.1, -0.05) is 42.5 Å². The fourth-order valence-corrected chi connectivity index (χ4v) is 3.13. The predicted octanol–water partition coefficient (Wildman–Crippen LogP) is 5.90. The molecule has 3 amide bonds. The number of hydrogen-bond donors (Lipinski definition) is 4. The highest BCUT2D eigenvalue weighted by Gasteiger charge is 2.30. The van der Waals surface area contributed by atoms with Crippen molar-refractivity contribution in [3.63, 3.8) is 0 Å². The lowest BCUT2D eigenvalue weighted by molar-refractivity contribution is -0.137. The van der Waals surface area contributed by atoms with Crippen LogP contribution in [0.15, 0.2) is 78.9 Å². The van der Waals surface area contributed by atoms with Crippen molar-refractivity contribution < 1.29 is 27.9 Å². The highest BCUT2D eigenvalue weighted by molar-refractivity contribution is 5.99. The minimum absolute atomic E-state index is 0.210. The molecule has 3 aromatic carbocycles. The molecule has 3 aromatic rings. The van der Waals surface area contributed by atoms with Gasteiger partial charge in [-0.3, -0.25) is 0 Å². The van der Waals surface area contributed by atoms with Crippen LogP contribution in [0.3, 0.4) is 0 Å². The first kappa shape index (κ1) is 22.7. The maximum absolute atomic E-state index is 12.6. The fourth-order valence-electron chi connectivity index (χ4n) is 3.13. The van der Waals surface area contributed by atoms with Gasteiger partial charge in [-0.15, -0.1) is 0 Å². The monoisotopic (exact) mass is 443 g/mol. The highest BCUT2D eigenvalue weighted by atomic mass is 19.4. The van der Waals surface area contributed by atoms with Gasteiger partial charge in [0.2, 0.25) is 0 Å². The van der Waals surface area contributed by atoms with E-state index in [1.165, 1.54) is 12.1 Å². The zero-order valence-corrected chi connectivity index (χ0v) is 16.7. The molecule has 166 valence electrons. The topological polar surface area (TPSA) is 90.5 Å². The van der Waals surface area contributed by atoms with E-state index in [9.17, 15) is 22.8 Å². The summed E-state index contributed by atoms with van der Waals surface area (Å²) in [4.78, 5) is 23.4. The zero-order chi connectivity index (χ0) is 23.1. The second-order valence-electron chi connectivity index (χ2n) is 6.97. The fraction of sp³-hybridized carbons (Fsp3) is 0.130. The molecule has 0 aliphatic heterocycles. The molecule has 0 aliphatic rings. The summed E-state index contributed by atoms with van der Waals surface area (Å²) < 4.78 is 37.9. The number of nitrogens with one attached hydrogen (secondary N) is 3. The summed E-state index contributed by atoms with van der Waals surface area (Å²) in [5, 5.41) is 16.7. The van der Waals surface area contributed by atoms with Gasteiger partial charge in [-0.05, 0) is 53.9 Å². The summed E-state index contributed by atoms with van der Waals surface area (Å²) in [7, 11) is 0. The number of amides is 3. The molecule has 9 heteroatoms. The second kappa shape index (κ2) is 9.86. The minimum atomic E-state index is -4.45. The smallest absolute Gasteiger partial charge is 0.416 e. The predicted molar refractivity (Wildman–Crippen MR) is 115 cm³/mol. The maximum atomic E-state index is 12.6. The molecule has 1 atom stereocenters. The zero-order valence-electron chi connectivity index (χ0n) is 16.7. The van der Waals surface area contributed by atoms with Gasteiger partial charge in [-0.25, -0.2) is 9.59 Å². The van der Waals surface area contributed by atoms with Crippen molar-refractivity contribution in [2.45, 2.75) is 18.6 Å². The Morgan fingerprint density at radius 3 is 2.12 bits per heavy atom. The number of benzene rings is 3. The molecule has 0 saturated carbocycles. The van der Waals surface area contributed by atoms with E-state index in [1.54, 1.807) is 24.3 Å². The molecule has 0 aliphatic carbocycles. The van der Waals surface area contributed by atoms with Crippen molar-refractivity contribution in [1.82, 2.24) is 5.32 Å². The molecule has 0 fully saturated rings. The van der Waals surface area contributed by atoms with Crippen LogP contribution in [0.1, 0.15) is 22.7 Å². The minimum Gasteiger partial charge on any atom is -0.465 e. The Morgan fingerprint density at radius 2 is 1.50 bits per heavy atom. The SMILES string of the molecule is O=C(O)N[C@H](Cc1cccc(NC(=O)Nc2ccc(C(F)(F)F)cc2)c1)c1ccccc1. The van der Waals surface area contributed by atoms with E-state index < -0.39 is 29.9 Å². The number of carbonyl (C=O) groups is 2. The Hall–Kier alpha value is -4.01. The molecule has 32 heavy (non-hydrogen) atoms. The van der Waals surface area contributed by atoms with E-state index in [0.29, 0.717) is 12.1 Å². The number of carbonyl (C=O) groups excluding carboxylic acids is 1. The van der Waals surface area contributed by atoms with Gasteiger partial charge in [0.15, 0.2) is 0 Å². The second-order valence-corrected chi connectivity index (χ2v) is 6.97. The average molecular weight is 443 g/mol. The van der Waals surface area contributed by atoms with Crippen molar-refractivity contribution >= 4 is 23.5 Å². The van der Waals surface area contributed by atoms with E-state index in [1.807, 2.05) is 30.3 Å². The molecular formula is C23H20F3N3O3. The lowest BCUT2D eigenvalue weighted by atomic mass is 9.98. The Labute approximate surface area is 182 Å². The van der Waals surface area contributed by atoms with Crippen LogP contribution < -0.4 is 16.0 Å². The van der Waals surface area contributed by atoms with Crippen LogP contribution in [0.5, 0.6) is 0 Å². The normalized spacial score (nSPS) is 12.0. The average Bonchev–Trinajstić information content (AvgIpc) is 2.73. The van der Waals surface area contributed by atoms with Crippen molar-refractivity contribution in [3.8, 4) is 0 Å². The van der Waals surface area contributed by atoms with Gasteiger partial charge in [0, 0.05) is 11.4 Å². The van der Waals surface area contributed by atoms with Crippen LogP contribution >= 0.6 is 0 Å².